The predicted octanol–water partition coefficient (Wildman–Crippen LogP) is 1.84. The number of benzene rings is 2. The van der Waals surface area contributed by atoms with Gasteiger partial charge in [-0.3, -0.25) is 19.3 Å². The summed E-state index contributed by atoms with van der Waals surface area (Å²) in [5.74, 6) is -0.537. The fourth-order valence-electron chi connectivity index (χ4n) is 2.87. The quantitative estimate of drug-likeness (QED) is 0.777. The van der Waals surface area contributed by atoms with E-state index in [1.807, 2.05) is 30.3 Å². The first kappa shape index (κ1) is 17.8. The van der Waals surface area contributed by atoms with Crippen LogP contribution in [0.5, 0.6) is 0 Å². The van der Waals surface area contributed by atoms with Gasteiger partial charge in [0.1, 0.15) is 0 Å². The normalized spacial score (nSPS) is 15.2. The number of carbonyl (C=O) groups is 3. The van der Waals surface area contributed by atoms with Gasteiger partial charge < -0.3 is 11.1 Å². The Labute approximate surface area is 152 Å². The van der Waals surface area contributed by atoms with Gasteiger partial charge in [0.05, 0.1) is 12.6 Å². The van der Waals surface area contributed by atoms with Gasteiger partial charge in [0.15, 0.2) is 0 Å². The van der Waals surface area contributed by atoms with Gasteiger partial charge in [0, 0.05) is 18.5 Å². The van der Waals surface area contributed by atoms with E-state index in [2.05, 4.69) is 5.32 Å². The van der Waals surface area contributed by atoms with Gasteiger partial charge in [-0.2, -0.15) is 0 Å². The zero-order valence-corrected chi connectivity index (χ0v) is 14.4. The lowest BCUT2D eigenvalue weighted by Crippen LogP contribution is -2.37. The maximum atomic E-state index is 12.2. The van der Waals surface area contributed by atoms with Crippen LogP contribution in [0.4, 0.5) is 5.69 Å². The van der Waals surface area contributed by atoms with Gasteiger partial charge in [-0.25, -0.2) is 0 Å². The first-order valence-corrected chi connectivity index (χ1v) is 8.55. The van der Waals surface area contributed by atoms with Crippen LogP contribution < -0.4 is 11.1 Å². The fraction of sp³-hybridized carbons (Fsp3) is 0.250. The number of anilines is 1. The van der Waals surface area contributed by atoms with Crippen molar-refractivity contribution in [1.29, 1.82) is 0 Å². The molecule has 0 spiro atoms. The molecule has 0 aliphatic carbocycles. The van der Waals surface area contributed by atoms with Crippen molar-refractivity contribution in [2.45, 2.75) is 31.8 Å². The molecule has 0 bridgehead atoms. The Bertz CT molecular complexity index is 787. The second kappa shape index (κ2) is 7.93. The summed E-state index contributed by atoms with van der Waals surface area (Å²) in [6, 6.07) is 16.0. The Morgan fingerprint density at radius 1 is 0.962 bits per heavy atom. The number of carbonyl (C=O) groups excluding carboxylic acids is 3. The van der Waals surface area contributed by atoms with E-state index in [9.17, 15) is 14.4 Å². The molecule has 6 heteroatoms. The highest BCUT2D eigenvalue weighted by Gasteiger charge is 2.28. The van der Waals surface area contributed by atoms with Crippen molar-refractivity contribution in [2.75, 3.05) is 5.32 Å². The van der Waals surface area contributed by atoms with E-state index in [0.29, 0.717) is 12.1 Å². The molecule has 1 atom stereocenters. The molecule has 134 valence electrons. The molecule has 2 aromatic carbocycles. The van der Waals surface area contributed by atoms with Crippen molar-refractivity contribution in [3.8, 4) is 0 Å². The number of nitrogens with one attached hydrogen (secondary N) is 1. The first-order valence-electron chi connectivity index (χ1n) is 8.55. The molecule has 0 saturated carbocycles. The summed E-state index contributed by atoms with van der Waals surface area (Å²) in [6.07, 6.45) is 1.03. The van der Waals surface area contributed by atoms with Crippen LogP contribution in [-0.4, -0.2) is 28.7 Å². The molecule has 1 aliphatic rings. The van der Waals surface area contributed by atoms with E-state index in [1.54, 1.807) is 24.3 Å². The van der Waals surface area contributed by atoms with Crippen LogP contribution in [0.25, 0.3) is 0 Å². The molecule has 3 amide bonds. The van der Waals surface area contributed by atoms with E-state index in [0.717, 1.165) is 11.1 Å². The fourth-order valence-corrected chi connectivity index (χ4v) is 2.87. The average molecular weight is 351 g/mol. The van der Waals surface area contributed by atoms with Crippen molar-refractivity contribution >= 4 is 23.4 Å². The van der Waals surface area contributed by atoms with Crippen molar-refractivity contribution in [3.05, 3.63) is 65.7 Å². The van der Waals surface area contributed by atoms with Crippen molar-refractivity contribution in [1.82, 2.24) is 4.90 Å². The lowest BCUT2D eigenvalue weighted by molar-refractivity contribution is -0.139. The lowest BCUT2D eigenvalue weighted by atomic mass is 10.1. The van der Waals surface area contributed by atoms with Crippen LogP contribution in [-0.2, 0) is 27.3 Å². The van der Waals surface area contributed by atoms with Gasteiger partial charge in [0.2, 0.25) is 17.7 Å². The van der Waals surface area contributed by atoms with Crippen molar-refractivity contribution < 1.29 is 14.4 Å². The maximum absolute atomic E-state index is 12.2. The second-order valence-corrected chi connectivity index (χ2v) is 6.36. The average Bonchev–Trinajstić information content (AvgIpc) is 2.96. The third-order valence-electron chi connectivity index (χ3n) is 4.35. The molecule has 1 aliphatic heterocycles. The van der Waals surface area contributed by atoms with E-state index >= 15 is 0 Å². The third kappa shape index (κ3) is 4.34. The number of likely N-dealkylation sites (tertiary alicyclic amines) is 1. The Morgan fingerprint density at radius 3 is 2.19 bits per heavy atom. The van der Waals surface area contributed by atoms with E-state index in [1.165, 1.54) is 4.90 Å². The Kier molecular flexibility index (Phi) is 5.43. The largest absolute Gasteiger partial charge is 0.325 e. The highest BCUT2D eigenvalue weighted by atomic mass is 16.2. The minimum absolute atomic E-state index is 0.140. The van der Waals surface area contributed by atoms with E-state index in [4.69, 9.17) is 5.73 Å². The molecule has 1 fully saturated rings. The van der Waals surface area contributed by atoms with Crippen LogP contribution >= 0.6 is 0 Å². The molecule has 0 unspecified atom stereocenters. The molecule has 0 radical (unpaired) electrons. The van der Waals surface area contributed by atoms with Crippen LogP contribution in [0.2, 0.25) is 0 Å². The molecule has 2 aromatic rings. The van der Waals surface area contributed by atoms with E-state index < -0.39 is 6.04 Å². The number of amides is 3. The Hall–Kier alpha value is -2.99. The Morgan fingerprint density at radius 2 is 1.58 bits per heavy atom. The Balaban J connectivity index is 1.56. The lowest BCUT2D eigenvalue weighted by Gasteiger charge is -2.15. The summed E-state index contributed by atoms with van der Waals surface area (Å²) in [4.78, 5) is 36.8. The summed E-state index contributed by atoms with van der Waals surface area (Å²) >= 11 is 0. The van der Waals surface area contributed by atoms with Crippen LogP contribution in [0, 0.1) is 0 Å². The van der Waals surface area contributed by atoms with Gasteiger partial charge in [-0.15, -0.1) is 0 Å². The minimum atomic E-state index is -0.642. The highest BCUT2D eigenvalue weighted by Crippen LogP contribution is 2.17. The summed E-state index contributed by atoms with van der Waals surface area (Å²) in [5.41, 5.74) is 8.44. The van der Waals surface area contributed by atoms with Crippen LogP contribution in [0.1, 0.15) is 24.0 Å². The predicted molar refractivity (Wildman–Crippen MR) is 98.0 cm³/mol. The number of rotatable bonds is 6. The van der Waals surface area contributed by atoms with Gasteiger partial charge in [0.25, 0.3) is 0 Å². The monoisotopic (exact) mass is 351 g/mol. The summed E-state index contributed by atoms with van der Waals surface area (Å²) in [5, 5.41) is 2.79. The summed E-state index contributed by atoms with van der Waals surface area (Å²) in [6.45, 7) is 0.263. The maximum Gasteiger partial charge on any atom is 0.241 e. The second-order valence-electron chi connectivity index (χ2n) is 6.36. The molecule has 1 heterocycles. The van der Waals surface area contributed by atoms with E-state index in [-0.39, 0.29) is 37.1 Å². The zero-order valence-electron chi connectivity index (χ0n) is 14.4. The van der Waals surface area contributed by atoms with Crippen molar-refractivity contribution in [3.63, 3.8) is 0 Å². The minimum Gasteiger partial charge on any atom is -0.325 e. The summed E-state index contributed by atoms with van der Waals surface area (Å²) in [7, 11) is 0. The molecule has 26 heavy (non-hydrogen) atoms. The zero-order chi connectivity index (χ0) is 18.5. The molecule has 3 N–H and O–H groups in total. The topological polar surface area (TPSA) is 92.5 Å². The standard InChI is InChI=1S/C20H21N3O3/c21-17(12-14-4-2-1-3-5-14)20(26)22-16-8-6-15(7-9-16)13-23-18(24)10-11-19(23)25/h1-9,17H,10-13,21H2,(H,22,26)/t17-/m0/s1. The molecular weight excluding hydrogens is 330 g/mol. The van der Waals surface area contributed by atoms with Gasteiger partial charge in [-0.05, 0) is 29.7 Å². The molecule has 3 rings (SSSR count). The molecular formula is C20H21N3O3. The number of nitrogens with zero attached hydrogens (tertiary/aromatic N) is 1. The highest BCUT2D eigenvalue weighted by molar-refractivity contribution is 6.01. The number of nitrogens with two attached hydrogens (primary N) is 1. The molecule has 0 aromatic heterocycles. The SMILES string of the molecule is N[C@@H](Cc1ccccc1)C(=O)Nc1ccc(CN2C(=O)CCC2=O)cc1. The summed E-state index contributed by atoms with van der Waals surface area (Å²) < 4.78 is 0. The van der Waals surface area contributed by atoms with Gasteiger partial charge >= 0.3 is 0 Å². The van der Waals surface area contributed by atoms with Crippen LogP contribution in [0.15, 0.2) is 54.6 Å². The third-order valence-corrected chi connectivity index (χ3v) is 4.35. The van der Waals surface area contributed by atoms with Gasteiger partial charge in [-0.1, -0.05) is 42.5 Å². The van der Waals surface area contributed by atoms with Crippen molar-refractivity contribution in [2.24, 2.45) is 5.73 Å². The van der Waals surface area contributed by atoms with Crippen LogP contribution in [0.3, 0.4) is 0 Å². The number of imide groups is 1. The number of hydrogen-bond donors (Lipinski definition) is 2. The number of hydrogen-bond acceptors (Lipinski definition) is 4. The molecule has 1 saturated heterocycles. The molecule has 6 nitrogen and oxygen atoms in total. The smallest absolute Gasteiger partial charge is 0.241 e. The first-order chi connectivity index (χ1) is 12.5.